The third-order valence-electron chi connectivity index (χ3n) is 2.86. The van der Waals surface area contributed by atoms with Crippen molar-refractivity contribution in [1.29, 1.82) is 0 Å². The normalized spacial score (nSPS) is 28.9. The summed E-state index contributed by atoms with van der Waals surface area (Å²) >= 11 is 0. The molecule has 0 spiro atoms. The summed E-state index contributed by atoms with van der Waals surface area (Å²) < 4.78 is 0. The molecule has 1 atom stereocenters. The van der Waals surface area contributed by atoms with Crippen molar-refractivity contribution in [3.05, 3.63) is 11.1 Å². The van der Waals surface area contributed by atoms with Crippen LogP contribution in [0.15, 0.2) is 11.1 Å². The minimum atomic E-state index is 0.620. The van der Waals surface area contributed by atoms with E-state index in [9.17, 15) is 0 Å². The maximum absolute atomic E-state index is 2.41. The van der Waals surface area contributed by atoms with Crippen LogP contribution in [0.4, 0.5) is 0 Å². The maximum Gasteiger partial charge on any atom is -0.00762 e. The highest BCUT2D eigenvalue weighted by Crippen LogP contribution is 2.56. The van der Waals surface area contributed by atoms with Gasteiger partial charge in [-0.3, -0.25) is 0 Å². The Labute approximate surface area is 70.7 Å². The third-order valence-corrected chi connectivity index (χ3v) is 2.86. The highest BCUT2D eigenvalue weighted by atomic mass is 14.5. The second kappa shape index (κ2) is 3.00. The molecule has 1 unspecified atom stereocenters. The molecule has 64 valence electrons. The molecule has 0 saturated heterocycles. The Balaban J connectivity index is 2.43. The first-order valence-corrected chi connectivity index (χ1v) is 4.77. The second-order valence-electron chi connectivity index (χ2n) is 4.32. The fraction of sp³-hybridized carbons (Fsp3) is 0.818. The van der Waals surface area contributed by atoms with Gasteiger partial charge >= 0.3 is 0 Å². The smallest absolute Gasteiger partial charge is 0.00762 e. The zero-order valence-corrected chi connectivity index (χ0v) is 8.33. The second-order valence-corrected chi connectivity index (χ2v) is 4.32. The van der Waals surface area contributed by atoms with Crippen molar-refractivity contribution < 1.29 is 0 Å². The van der Waals surface area contributed by atoms with Crippen molar-refractivity contribution in [3.63, 3.8) is 0 Å². The molecule has 1 saturated carbocycles. The van der Waals surface area contributed by atoms with E-state index < -0.39 is 0 Å². The van der Waals surface area contributed by atoms with Crippen LogP contribution >= 0.6 is 0 Å². The summed E-state index contributed by atoms with van der Waals surface area (Å²) in [5.74, 6) is 0. The van der Waals surface area contributed by atoms with Gasteiger partial charge in [-0.25, -0.2) is 0 Å². The summed E-state index contributed by atoms with van der Waals surface area (Å²) in [6, 6.07) is 0. The highest BCUT2D eigenvalue weighted by molar-refractivity contribution is 5.34. The maximum atomic E-state index is 2.41. The van der Waals surface area contributed by atoms with Gasteiger partial charge in [-0.2, -0.15) is 0 Å². The average Bonchev–Trinajstić information content (AvgIpc) is 2.60. The fourth-order valence-electron chi connectivity index (χ4n) is 1.93. The minimum Gasteiger partial charge on any atom is -0.0766 e. The van der Waals surface area contributed by atoms with Crippen LogP contribution < -0.4 is 0 Å². The van der Waals surface area contributed by atoms with Crippen LogP contribution in [0.3, 0.4) is 0 Å². The largest absolute Gasteiger partial charge is 0.0766 e. The predicted molar refractivity (Wildman–Crippen MR) is 50.6 cm³/mol. The molecule has 0 aliphatic heterocycles. The van der Waals surface area contributed by atoms with Gasteiger partial charge < -0.3 is 0 Å². The van der Waals surface area contributed by atoms with E-state index in [1.807, 2.05) is 0 Å². The first-order valence-electron chi connectivity index (χ1n) is 4.77. The van der Waals surface area contributed by atoms with E-state index in [0.29, 0.717) is 5.41 Å². The number of hydrogen-bond acceptors (Lipinski definition) is 0. The summed E-state index contributed by atoms with van der Waals surface area (Å²) in [5.41, 5.74) is 3.91. The first-order chi connectivity index (χ1) is 5.10. The summed E-state index contributed by atoms with van der Waals surface area (Å²) in [6.07, 6.45) is 5.51. The predicted octanol–water partition coefficient (Wildman–Crippen LogP) is 3.92. The number of rotatable bonds is 3. The van der Waals surface area contributed by atoms with E-state index in [2.05, 4.69) is 27.7 Å². The van der Waals surface area contributed by atoms with E-state index in [4.69, 9.17) is 0 Å². The van der Waals surface area contributed by atoms with Crippen LogP contribution in [0.5, 0.6) is 0 Å². The molecular formula is C11H20. The number of unbranched alkanes of at least 4 members (excludes halogenated alkanes) is 1. The Morgan fingerprint density at radius 3 is 2.45 bits per heavy atom. The zero-order chi connectivity index (χ0) is 8.48. The molecule has 0 heteroatoms. The Morgan fingerprint density at radius 2 is 2.09 bits per heavy atom. The molecule has 11 heavy (non-hydrogen) atoms. The van der Waals surface area contributed by atoms with Crippen molar-refractivity contribution in [3.8, 4) is 0 Å². The molecule has 0 amide bonds. The molecule has 0 aromatic heterocycles. The van der Waals surface area contributed by atoms with Crippen molar-refractivity contribution in [2.24, 2.45) is 5.41 Å². The molecule has 1 rings (SSSR count). The van der Waals surface area contributed by atoms with Gasteiger partial charge in [0, 0.05) is 0 Å². The molecule has 0 radical (unpaired) electrons. The molecular weight excluding hydrogens is 132 g/mol. The first kappa shape index (κ1) is 8.83. The van der Waals surface area contributed by atoms with Crippen LogP contribution in [-0.2, 0) is 0 Å². The molecule has 0 heterocycles. The summed E-state index contributed by atoms with van der Waals surface area (Å²) in [6.45, 7) is 9.16. The van der Waals surface area contributed by atoms with Crippen molar-refractivity contribution in [2.75, 3.05) is 0 Å². The van der Waals surface area contributed by atoms with Crippen molar-refractivity contribution >= 4 is 0 Å². The Kier molecular flexibility index (Phi) is 2.41. The SMILES string of the molecule is CCCCC1(C)CC1=C(C)C. The molecule has 1 aliphatic rings. The lowest BCUT2D eigenvalue weighted by atomic mass is 9.99. The van der Waals surface area contributed by atoms with Crippen LogP contribution in [-0.4, -0.2) is 0 Å². The standard InChI is InChI=1S/C11H20/c1-5-6-7-11(4)8-10(11)9(2)3/h5-8H2,1-4H3. The monoisotopic (exact) mass is 152 g/mol. The Hall–Kier alpha value is -0.260. The Bertz CT molecular complexity index is 172. The molecule has 0 aromatic rings. The fourth-order valence-corrected chi connectivity index (χ4v) is 1.93. The molecule has 0 aromatic carbocycles. The quantitative estimate of drug-likeness (QED) is 0.538. The molecule has 1 fully saturated rings. The van der Waals surface area contributed by atoms with E-state index in [0.717, 1.165) is 0 Å². The summed E-state index contributed by atoms with van der Waals surface area (Å²) in [4.78, 5) is 0. The molecule has 1 aliphatic carbocycles. The number of allylic oxidation sites excluding steroid dienone is 2. The third kappa shape index (κ3) is 1.85. The molecule has 0 nitrogen and oxygen atoms in total. The van der Waals surface area contributed by atoms with E-state index in [1.165, 1.54) is 25.7 Å². The van der Waals surface area contributed by atoms with Gasteiger partial charge in [0.15, 0.2) is 0 Å². The van der Waals surface area contributed by atoms with Gasteiger partial charge in [0.2, 0.25) is 0 Å². The molecule has 0 N–H and O–H groups in total. The van der Waals surface area contributed by atoms with Crippen LogP contribution in [0.25, 0.3) is 0 Å². The highest BCUT2D eigenvalue weighted by Gasteiger charge is 2.43. The van der Waals surface area contributed by atoms with E-state index in [1.54, 1.807) is 11.1 Å². The molecule has 0 bridgehead atoms. The lowest BCUT2D eigenvalue weighted by Crippen LogP contribution is -1.92. The van der Waals surface area contributed by atoms with Gasteiger partial charge in [0.25, 0.3) is 0 Å². The van der Waals surface area contributed by atoms with Gasteiger partial charge in [-0.05, 0) is 32.1 Å². The van der Waals surface area contributed by atoms with Crippen LogP contribution in [0, 0.1) is 5.41 Å². The minimum absolute atomic E-state index is 0.620. The number of hydrogen-bond donors (Lipinski definition) is 0. The lowest BCUT2D eigenvalue weighted by molar-refractivity contribution is 0.511. The van der Waals surface area contributed by atoms with Crippen LogP contribution in [0.1, 0.15) is 53.4 Å². The van der Waals surface area contributed by atoms with E-state index >= 15 is 0 Å². The van der Waals surface area contributed by atoms with Crippen LogP contribution in [0.2, 0.25) is 0 Å². The van der Waals surface area contributed by atoms with E-state index in [-0.39, 0.29) is 0 Å². The summed E-state index contributed by atoms with van der Waals surface area (Å²) in [7, 11) is 0. The van der Waals surface area contributed by atoms with Gasteiger partial charge in [-0.1, -0.05) is 37.8 Å². The average molecular weight is 152 g/mol. The Morgan fingerprint density at radius 1 is 1.45 bits per heavy atom. The lowest BCUT2D eigenvalue weighted by Gasteiger charge is -2.05. The van der Waals surface area contributed by atoms with Gasteiger partial charge in [-0.15, -0.1) is 0 Å². The summed E-state index contributed by atoms with van der Waals surface area (Å²) in [5, 5.41) is 0. The zero-order valence-electron chi connectivity index (χ0n) is 8.33. The topological polar surface area (TPSA) is 0 Å². The van der Waals surface area contributed by atoms with Gasteiger partial charge in [0.05, 0.1) is 0 Å². The van der Waals surface area contributed by atoms with Crippen molar-refractivity contribution in [2.45, 2.75) is 53.4 Å². The van der Waals surface area contributed by atoms with Gasteiger partial charge in [0.1, 0.15) is 0 Å². The van der Waals surface area contributed by atoms with Crippen molar-refractivity contribution in [1.82, 2.24) is 0 Å².